The Morgan fingerprint density at radius 1 is 1.14 bits per heavy atom. The molecule has 1 aliphatic heterocycles. The third-order valence-corrected chi connectivity index (χ3v) is 7.78. The average Bonchev–Trinajstić information content (AvgIpc) is 2.86. The summed E-state index contributed by atoms with van der Waals surface area (Å²) in [5.74, 6) is 0.948. The minimum atomic E-state index is -0.531. The second kappa shape index (κ2) is 12.2. The number of Topliss-reactive ketones (excluding diaryl/α,β-unsaturated/α-hetero) is 1. The van der Waals surface area contributed by atoms with E-state index in [1.54, 1.807) is 11.8 Å². The third kappa shape index (κ3) is 6.24. The Balaban J connectivity index is 1.78. The standard InChI is InChI=1S/C30H34ClNO4S/c1-5-37-15-14-35-30(34)27-19(4)32-24-16-21(20-10-12-22(31)13-11-20)17-25(33)29(24)28(27)23-8-6-7-9-26(23)36-18(2)3/h6-13,16,18,21,28-29,32H,5,14-15,17H2,1-4H3. The third-order valence-electron chi connectivity index (χ3n) is 6.66. The van der Waals surface area contributed by atoms with E-state index in [4.69, 9.17) is 21.1 Å². The fourth-order valence-electron chi connectivity index (χ4n) is 5.12. The molecule has 37 heavy (non-hydrogen) atoms. The number of thioether (sulfide) groups is 1. The Hall–Kier alpha value is -2.70. The summed E-state index contributed by atoms with van der Waals surface area (Å²) in [6.07, 6.45) is 2.41. The number of allylic oxidation sites excluding steroid dienone is 3. The second-order valence-corrected chi connectivity index (χ2v) is 11.4. The number of carbonyl (C=O) groups is 2. The van der Waals surface area contributed by atoms with E-state index in [1.165, 1.54) is 0 Å². The number of halogens is 1. The lowest BCUT2D eigenvalue weighted by Gasteiger charge is -2.40. The quantitative estimate of drug-likeness (QED) is 0.284. The smallest absolute Gasteiger partial charge is 0.336 e. The van der Waals surface area contributed by atoms with E-state index in [1.807, 2.05) is 69.3 Å². The van der Waals surface area contributed by atoms with Crippen molar-refractivity contribution in [2.45, 2.75) is 52.1 Å². The summed E-state index contributed by atoms with van der Waals surface area (Å²) >= 11 is 7.81. The van der Waals surface area contributed by atoms with Gasteiger partial charge in [0.1, 0.15) is 18.1 Å². The number of esters is 1. The van der Waals surface area contributed by atoms with E-state index in [2.05, 4.69) is 18.3 Å². The van der Waals surface area contributed by atoms with Crippen molar-refractivity contribution in [3.8, 4) is 5.75 Å². The Morgan fingerprint density at radius 3 is 2.57 bits per heavy atom. The van der Waals surface area contributed by atoms with Crippen molar-refractivity contribution in [2.75, 3.05) is 18.1 Å². The molecule has 0 spiro atoms. The van der Waals surface area contributed by atoms with Crippen LogP contribution in [-0.4, -0.2) is 36.0 Å². The molecular formula is C30H34ClNO4S. The van der Waals surface area contributed by atoms with Gasteiger partial charge in [0.05, 0.1) is 17.6 Å². The van der Waals surface area contributed by atoms with Crippen molar-refractivity contribution < 1.29 is 19.1 Å². The highest BCUT2D eigenvalue weighted by atomic mass is 35.5. The van der Waals surface area contributed by atoms with Crippen LogP contribution in [0.5, 0.6) is 5.75 Å². The van der Waals surface area contributed by atoms with Crippen LogP contribution in [0.15, 0.2) is 71.6 Å². The van der Waals surface area contributed by atoms with Gasteiger partial charge < -0.3 is 14.8 Å². The molecule has 0 fully saturated rings. The first kappa shape index (κ1) is 27.3. The first-order valence-corrected chi connectivity index (χ1v) is 14.3. The van der Waals surface area contributed by atoms with Gasteiger partial charge in [0, 0.05) is 46.0 Å². The van der Waals surface area contributed by atoms with E-state index in [0.717, 1.165) is 28.3 Å². The normalized spacial score (nSPS) is 21.3. The van der Waals surface area contributed by atoms with Crippen molar-refractivity contribution in [1.82, 2.24) is 5.32 Å². The van der Waals surface area contributed by atoms with Crippen LogP contribution in [0.1, 0.15) is 57.1 Å². The van der Waals surface area contributed by atoms with E-state index >= 15 is 0 Å². The van der Waals surface area contributed by atoms with Gasteiger partial charge in [-0.3, -0.25) is 4.79 Å². The summed E-state index contributed by atoms with van der Waals surface area (Å²) in [6.45, 7) is 8.21. The number of hydrogen-bond donors (Lipinski definition) is 1. The predicted molar refractivity (Wildman–Crippen MR) is 150 cm³/mol. The fourth-order valence-corrected chi connectivity index (χ4v) is 5.73. The van der Waals surface area contributed by atoms with Gasteiger partial charge in [-0.25, -0.2) is 4.79 Å². The number of carbonyl (C=O) groups excluding carboxylic acids is 2. The molecule has 196 valence electrons. The van der Waals surface area contributed by atoms with Crippen molar-refractivity contribution in [3.63, 3.8) is 0 Å². The lowest BCUT2D eigenvalue weighted by Crippen LogP contribution is -2.42. The molecule has 4 rings (SSSR count). The van der Waals surface area contributed by atoms with Gasteiger partial charge in [-0.15, -0.1) is 0 Å². The van der Waals surface area contributed by atoms with Crippen LogP contribution < -0.4 is 10.1 Å². The Kier molecular flexibility index (Phi) is 9.04. The Bertz CT molecular complexity index is 1200. The first-order valence-electron chi connectivity index (χ1n) is 12.8. The van der Waals surface area contributed by atoms with Gasteiger partial charge in [-0.05, 0) is 50.3 Å². The number of ketones is 1. The monoisotopic (exact) mass is 539 g/mol. The molecule has 0 aromatic heterocycles. The zero-order chi connectivity index (χ0) is 26.5. The maximum atomic E-state index is 13.8. The van der Waals surface area contributed by atoms with Crippen molar-refractivity contribution in [2.24, 2.45) is 5.92 Å². The van der Waals surface area contributed by atoms with Crippen LogP contribution >= 0.6 is 23.4 Å². The summed E-state index contributed by atoms with van der Waals surface area (Å²) in [4.78, 5) is 27.3. The van der Waals surface area contributed by atoms with Gasteiger partial charge in [0.25, 0.3) is 0 Å². The molecule has 7 heteroatoms. The molecule has 0 amide bonds. The largest absolute Gasteiger partial charge is 0.491 e. The molecule has 2 aromatic rings. The number of fused-ring (bicyclic) bond motifs is 1. The molecule has 1 heterocycles. The fraction of sp³-hybridized carbons (Fsp3) is 0.400. The van der Waals surface area contributed by atoms with Gasteiger partial charge >= 0.3 is 5.97 Å². The number of ether oxygens (including phenoxy) is 2. The van der Waals surface area contributed by atoms with E-state index < -0.39 is 17.8 Å². The number of nitrogens with one attached hydrogen (secondary N) is 1. The highest BCUT2D eigenvalue weighted by Crippen LogP contribution is 2.48. The molecule has 5 nitrogen and oxygen atoms in total. The summed E-state index contributed by atoms with van der Waals surface area (Å²) in [5.41, 5.74) is 3.86. The topological polar surface area (TPSA) is 64.6 Å². The Labute approximate surface area is 228 Å². The van der Waals surface area contributed by atoms with E-state index in [0.29, 0.717) is 35.1 Å². The molecule has 0 radical (unpaired) electrons. The predicted octanol–water partition coefficient (Wildman–Crippen LogP) is 6.64. The minimum absolute atomic E-state index is 0.0548. The molecule has 2 aliphatic rings. The highest BCUT2D eigenvalue weighted by Gasteiger charge is 2.46. The summed E-state index contributed by atoms with van der Waals surface area (Å²) in [5, 5.41) is 4.06. The maximum Gasteiger partial charge on any atom is 0.336 e. The molecule has 0 saturated carbocycles. The van der Waals surface area contributed by atoms with E-state index in [-0.39, 0.29) is 17.8 Å². The Morgan fingerprint density at radius 2 is 1.86 bits per heavy atom. The summed E-state index contributed by atoms with van der Waals surface area (Å²) in [7, 11) is 0. The molecular weight excluding hydrogens is 506 g/mol. The SMILES string of the molecule is CCSCCOC(=O)C1=C(C)NC2=CC(c3ccc(Cl)cc3)CC(=O)C2C1c1ccccc1OC(C)C. The van der Waals surface area contributed by atoms with Crippen molar-refractivity contribution in [3.05, 3.63) is 87.7 Å². The van der Waals surface area contributed by atoms with Crippen LogP contribution in [0.3, 0.4) is 0 Å². The molecule has 0 bridgehead atoms. The molecule has 1 aliphatic carbocycles. The maximum absolute atomic E-state index is 13.8. The van der Waals surface area contributed by atoms with Crippen LogP contribution in [0.2, 0.25) is 5.02 Å². The summed E-state index contributed by atoms with van der Waals surface area (Å²) in [6, 6.07) is 15.3. The van der Waals surface area contributed by atoms with Crippen LogP contribution in [0.4, 0.5) is 0 Å². The van der Waals surface area contributed by atoms with Crippen molar-refractivity contribution >= 4 is 35.1 Å². The lowest BCUT2D eigenvalue weighted by atomic mass is 9.68. The molecule has 0 saturated heterocycles. The molecule has 1 N–H and O–H groups in total. The average molecular weight is 540 g/mol. The van der Waals surface area contributed by atoms with Crippen LogP contribution in [0, 0.1) is 5.92 Å². The molecule has 3 unspecified atom stereocenters. The molecule has 2 aromatic carbocycles. The van der Waals surface area contributed by atoms with Gasteiger partial charge in [-0.1, -0.05) is 54.9 Å². The number of benzene rings is 2. The summed E-state index contributed by atoms with van der Waals surface area (Å²) < 4.78 is 11.9. The number of para-hydroxylation sites is 1. The molecule has 3 atom stereocenters. The van der Waals surface area contributed by atoms with Gasteiger partial charge in [-0.2, -0.15) is 11.8 Å². The van der Waals surface area contributed by atoms with E-state index in [9.17, 15) is 9.59 Å². The minimum Gasteiger partial charge on any atom is -0.491 e. The number of rotatable bonds is 9. The lowest BCUT2D eigenvalue weighted by molar-refractivity contribution is -0.139. The highest BCUT2D eigenvalue weighted by molar-refractivity contribution is 7.99. The first-order chi connectivity index (χ1) is 17.8. The van der Waals surface area contributed by atoms with Crippen LogP contribution in [0.25, 0.3) is 0 Å². The second-order valence-electron chi connectivity index (χ2n) is 9.61. The van der Waals surface area contributed by atoms with Gasteiger partial charge in [0.2, 0.25) is 0 Å². The van der Waals surface area contributed by atoms with Crippen LogP contribution in [-0.2, 0) is 14.3 Å². The zero-order valence-electron chi connectivity index (χ0n) is 21.8. The zero-order valence-corrected chi connectivity index (χ0v) is 23.3. The number of hydrogen-bond acceptors (Lipinski definition) is 6. The van der Waals surface area contributed by atoms with Gasteiger partial charge in [0.15, 0.2) is 0 Å². The van der Waals surface area contributed by atoms with Crippen molar-refractivity contribution in [1.29, 1.82) is 0 Å².